The molecule has 0 aromatic carbocycles. The van der Waals surface area contributed by atoms with Crippen LogP contribution in [-0.2, 0) is 5.41 Å². The standard InChI is InChI=1S/C10H18N2S/c1-9(2,7-10(3,4)13)8-11-5-6-12-8/h5-6,13H,7H2,1-4H3,(H,11,12). The van der Waals surface area contributed by atoms with Crippen LogP contribution >= 0.6 is 12.6 Å². The van der Waals surface area contributed by atoms with Crippen molar-refractivity contribution in [3.05, 3.63) is 18.2 Å². The number of rotatable bonds is 3. The molecule has 1 rings (SSSR count). The topological polar surface area (TPSA) is 28.7 Å². The summed E-state index contributed by atoms with van der Waals surface area (Å²) in [5, 5.41) is 0. The Morgan fingerprint density at radius 3 is 2.38 bits per heavy atom. The van der Waals surface area contributed by atoms with Crippen molar-refractivity contribution in [2.45, 2.75) is 44.3 Å². The number of nitrogens with one attached hydrogen (secondary N) is 1. The van der Waals surface area contributed by atoms with Gasteiger partial charge in [-0.15, -0.1) is 0 Å². The quantitative estimate of drug-likeness (QED) is 0.718. The summed E-state index contributed by atoms with van der Waals surface area (Å²) in [6.07, 6.45) is 4.65. The highest BCUT2D eigenvalue weighted by atomic mass is 32.1. The van der Waals surface area contributed by atoms with Crippen molar-refractivity contribution in [3.8, 4) is 0 Å². The molecule has 1 heterocycles. The highest BCUT2D eigenvalue weighted by Gasteiger charge is 2.29. The van der Waals surface area contributed by atoms with Gasteiger partial charge in [0.25, 0.3) is 0 Å². The van der Waals surface area contributed by atoms with Gasteiger partial charge in [0.2, 0.25) is 0 Å². The highest BCUT2D eigenvalue weighted by Crippen LogP contribution is 2.32. The Bertz CT molecular complexity index is 257. The Balaban J connectivity index is 2.78. The molecule has 0 aliphatic heterocycles. The molecule has 0 fully saturated rings. The van der Waals surface area contributed by atoms with Gasteiger partial charge in [-0.3, -0.25) is 0 Å². The number of nitrogens with zero attached hydrogens (tertiary/aromatic N) is 1. The maximum atomic E-state index is 4.54. The first kappa shape index (κ1) is 10.6. The molecule has 1 N–H and O–H groups in total. The monoisotopic (exact) mass is 198 g/mol. The van der Waals surface area contributed by atoms with Gasteiger partial charge in [0.1, 0.15) is 5.82 Å². The summed E-state index contributed by atoms with van der Waals surface area (Å²) in [7, 11) is 0. The molecule has 0 bridgehead atoms. The van der Waals surface area contributed by atoms with Gasteiger partial charge in [-0.2, -0.15) is 12.6 Å². The molecule has 0 saturated heterocycles. The average Bonchev–Trinajstić information content (AvgIpc) is 2.29. The van der Waals surface area contributed by atoms with Gasteiger partial charge in [0.15, 0.2) is 0 Å². The molecule has 13 heavy (non-hydrogen) atoms. The normalized spacial score (nSPS) is 13.3. The molecule has 1 aromatic rings. The van der Waals surface area contributed by atoms with Crippen molar-refractivity contribution in [3.63, 3.8) is 0 Å². The molecule has 0 amide bonds. The van der Waals surface area contributed by atoms with Gasteiger partial charge in [0, 0.05) is 22.6 Å². The summed E-state index contributed by atoms with van der Waals surface area (Å²) in [6.45, 7) is 8.62. The Morgan fingerprint density at radius 2 is 2.00 bits per heavy atom. The van der Waals surface area contributed by atoms with Gasteiger partial charge in [-0.25, -0.2) is 4.98 Å². The van der Waals surface area contributed by atoms with E-state index in [4.69, 9.17) is 0 Å². The summed E-state index contributed by atoms with van der Waals surface area (Å²) < 4.78 is 0.0380. The van der Waals surface area contributed by atoms with E-state index >= 15 is 0 Å². The second-order valence-corrected chi connectivity index (χ2v) is 6.02. The van der Waals surface area contributed by atoms with E-state index < -0.39 is 0 Å². The lowest BCUT2D eigenvalue weighted by Gasteiger charge is -2.29. The minimum absolute atomic E-state index is 0.0380. The third-order valence-corrected chi connectivity index (χ3v) is 2.17. The lowest BCUT2D eigenvalue weighted by molar-refractivity contribution is 0.407. The second kappa shape index (κ2) is 3.37. The van der Waals surface area contributed by atoms with E-state index in [0.29, 0.717) is 0 Å². The molecule has 74 valence electrons. The predicted molar refractivity (Wildman–Crippen MR) is 59.3 cm³/mol. The van der Waals surface area contributed by atoms with E-state index in [0.717, 1.165) is 12.2 Å². The van der Waals surface area contributed by atoms with Crippen molar-refractivity contribution < 1.29 is 0 Å². The Labute approximate surface area is 85.6 Å². The molecular weight excluding hydrogens is 180 g/mol. The van der Waals surface area contributed by atoms with Crippen LogP contribution < -0.4 is 0 Å². The number of H-pyrrole nitrogens is 1. The van der Waals surface area contributed by atoms with Crippen LogP contribution in [-0.4, -0.2) is 14.7 Å². The van der Waals surface area contributed by atoms with Gasteiger partial charge < -0.3 is 4.98 Å². The minimum Gasteiger partial charge on any atom is -0.348 e. The van der Waals surface area contributed by atoms with Crippen molar-refractivity contribution in [1.29, 1.82) is 0 Å². The van der Waals surface area contributed by atoms with Crippen LogP contribution in [0.4, 0.5) is 0 Å². The molecular formula is C10H18N2S. The molecule has 0 saturated carbocycles. The summed E-state index contributed by atoms with van der Waals surface area (Å²) in [5.74, 6) is 1.04. The fourth-order valence-electron chi connectivity index (χ4n) is 1.80. The van der Waals surface area contributed by atoms with Crippen LogP contribution in [0.3, 0.4) is 0 Å². The first-order valence-electron chi connectivity index (χ1n) is 4.53. The van der Waals surface area contributed by atoms with Crippen LogP contribution in [0.15, 0.2) is 12.4 Å². The fourth-order valence-corrected chi connectivity index (χ4v) is 2.20. The number of imidazole rings is 1. The second-order valence-electron chi connectivity index (χ2n) is 4.81. The number of hydrogen-bond donors (Lipinski definition) is 2. The Hall–Kier alpha value is -0.440. The molecule has 0 spiro atoms. The first-order valence-corrected chi connectivity index (χ1v) is 4.98. The van der Waals surface area contributed by atoms with Crippen LogP contribution in [0.2, 0.25) is 0 Å². The summed E-state index contributed by atoms with van der Waals surface area (Å²) in [5.41, 5.74) is 0.0642. The van der Waals surface area contributed by atoms with E-state index in [2.05, 4.69) is 50.3 Å². The van der Waals surface area contributed by atoms with Crippen LogP contribution in [0.25, 0.3) is 0 Å². The third-order valence-electron chi connectivity index (χ3n) is 2.01. The van der Waals surface area contributed by atoms with Crippen LogP contribution in [0.5, 0.6) is 0 Å². The zero-order chi connectivity index (χ0) is 10.1. The largest absolute Gasteiger partial charge is 0.348 e. The van der Waals surface area contributed by atoms with Gasteiger partial charge in [-0.1, -0.05) is 27.7 Å². The lowest BCUT2D eigenvalue weighted by Crippen LogP contribution is -2.28. The van der Waals surface area contributed by atoms with Gasteiger partial charge >= 0.3 is 0 Å². The predicted octanol–water partition coefficient (Wildman–Crippen LogP) is 2.79. The van der Waals surface area contributed by atoms with Crippen molar-refractivity contribution in [1.82, 2.24) is 9.97 Å². The maximum absolute atomic E-state index is 4.54. The minimum atomic E-state index is 0.0380. The molecule has 0 unspecified atom stereocenters. The summed E-state index contributed by atoms with van der Waals surface area (Å²) in [6, 6.07) is 0. The maximum Gasteiger partial charge on any atom is 0.111 e. The SMILES string of the molecule is CC(C)(S)CC(C)(C)c1ncc[nH]1. The van der Waals surface area contributed by atoms with E-state index in [1.54, 1.807) is 6.20 Å². The van der Waals surface area contributed by atoms with Gasteiger partial charge in [0.05, 0.1) is 0 Å². The number of hydrogen-bond acceptors (Lipinski definition) is 2. The van der Waals surface area contributed by atoms with Crippen LogP contribution in [0.1, 0.15) is 39.9 Å². The van der Waals surface area contributed by atoms with E-state index in [1.807, 2.05) is 6.20 Å². The molecule has 0 aliphatic carbocycles. The first-order chi connectivity index (χ1) is 5.81. The number of aromatic amines is 1. The molecule has 1 aromatic heterocycles. The van der Waals surface area contributed by atoms with Crippen LogP contribution in [0, 0.1) is 0 Å². The zero-order valence-corrected chi connectivity index (χ0v) is 9.65. The van der Waals surface area contributed by atoms with E-state index in [9.17, 15) is 0 Å². The van der Waals surface area contributed by atoms with Crippen molar-refractivity contribution >= 4 is 12.6 Å². The van der Waals surface area contributed by atoms with Gasteiger partial charge in [-0.05, 0) is 6.42 Å². The number of thiol groups is 1. The fraction of sp³-hybridized carbons (Fsp3) is 0.700. The van der Waals surface area contributed by atoms with Crippen molar-refractivity contribution in [2.24, 2.45) is 0 Å². The highest BCUT2D eigenvalue weighted by molar-refractivity contribution is 7.81. The molecule has 0 aliphatic rings. The average molecular weight is 198 g/mol. The molecule has 0 radical (unpaired) electrons. The van der Waals surface area contributed by atoms with E-state index in [1.165, 1.54) is 0 Å². The zero-order valence-electron chi connectivity index (χ0n) is 8.76. The summed E-state index contributed by atoms with van der Waals surface area (Å²) in [4.78, 5) is 7.44. The Morgan fingerprint density at radius 1 is 1.38 bits per heavy atom. The smallest absolute Gasteiger partial charge is 0.111 e. The molecule has 3 heteroatoms. The Kier molecular flexibility index (Phi) is 2.76. The molecule has 0 atom stereocenters. The third kappa shape index (κ3) is 3.07. The lowest BCUT2D eigenvalue weighted by atomic mass is 9.83. The molecule has 2 nitrogen and oxygen atoms in total. The van der Waals surface area contributed by atoms with E-state index in [-0.39, 0.29) is 10.2 Å². The summed E-state index contributed by atoms with van der Waals surface area (Å²) >= 11 is 4.54. The number of aromatic nitrogens is 2. The van der Waals surface area contributed by atoms with Crippen molar-refractivity contribution in [2.75, 3.05) is 0 Å².